The first-order valence-electron chi connectivity index (χ1n) is 11.5. The average molecular weight is 485 g/mol. The van der Waals surface area contributed by atoms with Crippen LogP contribution in [0, 0.1) is 0 Å². The van der Waals surface area contributed by atoms with E-state index >= 15 is 0 Å². The topological polar surface area (TPSA) is 68.7 Å². The lowest BCUT2D eigenvalue weighted by Gasteiger charge is -2.33. The molecule has 2 heterocycles. The highest BCUT2D eigenvalue weighted by molar-refractivity contribution is 7.13. The molecule has 176 valence electrons. The Bertz CT molecular complexity index is 1340. The zero-order valence-electron chi connectivity index (χ0n) is 19.2. The van der Waals surface area contributed by atoms with Crippen molar-refractivity contribution in [1.29, 1.82) is 0 Å². The number of carbonyl (C=O) groups is 2. The van der Waals surface area contributed by atoms with Crippen molar-refractivity contribution in [2.24, 2.45) is 0 Å². The van der Waals surface area contributed by atoms with E-state index in [1.54, 1.807) is 11.3 Å². The van der Waals surface area contributed by atoms with Crippen LogP contribution in [0.2, 0.25) is 0 Å². The maximum Gasteiger partial charge on any atom is 0.326 e. The van der Waals surface area contributed by atoms with E-state index in [2.05, 4.69) is 0 Å². The van der Waals surface area contributed by atoms with Gasteiger partial charge in [0.2, 0.25) is 0 Å². The number of thiazole rings is 1. The molecule has 3 aromatic carbocycles. The second-order valence-corrected chi connectivity index (χ2v) is 9.03. The molecule has 0 fully saturated rings. The van der Waals surface area contributed by atoms with Gasteiger partial charge in [-0.1, -0.05) is 67.6 Å². The summed E-state index contributed by atoms with van der Waals surface area (Å²) in [7, 11) is 0. The van der Waals surface area contributed by atoms with Gasteiger partial charge in [-0.2, -0.15) is 0 Å². The highest BCUT2D eigenvalue weighted by Gasteiger charge is 2.35. The van der Waals surface area contributed by atoms with Crippen LogP contribution in [0.5, 0.6) is 5.75 Å². The number of nitrogens with zero attached hydrogens (tertiary/aromatic N) is 2. The van der Waals surface area contributed by atoms with Gasteiger partial charge in [-0.05, 0) is 30.2 Å². The minimum absolute atomic E-state index is 0.156. The lowest BCUT2D eigenvalue weighted by atomic mass is 10.1. The van der Waals surface area contributed by atoms with Gasteiger partial charge < -0.3 is 9.47 Å². The van der Waals surface area contributed by atoms with Gasteiger partial charge in [0.25, 0.3) is 5.91 Å². The molecule has 0 aliphatic carbocycles. The number of benzene rings is 3. The number of fused-ring (bicyclic) bond motifs is 1. The summed E-state index contributed by atoms with van der Waals surface area (Å²) in [6.45, 7) is 1.85. The van der Waals surface area contributed by atoms with Crippen LogP contribution in [-0.4, -0.2) is 29.5 Å². The maximum atomic E-state index is 13.1. The van der Waals surface area contributed by atoms with Gasteiger partial charge in [-0.15, -0.1) is 11.3 Å². The van der Waals surface area contributed by atoms with E-state index in [0.29, 0.717) is 17.9 Å². The molecule has 1 aromatic heterocycles. The molecule has 35 heavy (non-hydrogen) atoms. The van der Waals surface area contributed by atoms with Crippen molar-refractivity contribution in [3.63, 3.8) is 0 Å². The zero-order chi connectivity index (χ0) is 24.2. The largest absolute Gasteiger partial charge is 0.478 e. The number of rotatable bonds is 7. The molecule has 1 unspecified atom stereocenters. The van der Waals surface area contributed by atoms with E-state index in [1.807, 2.05) is 91.2 Å². The van der Waals surface area contributed by atoms with E-state index in [1.165, 1.54) is 4.90 Å². The number of aromatic nitrogens is 1. The van der Waals surface area contributed by atoms with E-state index in [4.69, 9.17) is 14.5 Å². The van der Waals surface area contributed by atoms with Crippen molar-refractivity contribution < 1.29 is 19.1 Å². The Morgan fingerprint density at radius 3 is 2.51 bits per heavy atom. The summed E-state index contributed by atoms with van der Waals surface area (Å²) in [4.78, 5) is 32.1. The number of carbonyl (C=O) groups excluding carboxylic acids is 2. The summed E-state index contributed by atoms with van der Waals surface area (Å²) in [5, 5.41) is 2.90. The number of esters is 1. The van der Waals surface area contributed by atoms with E-state index in [-0.39, 0.29) is 19.1 Å². The summed E-state index contributed by atoms with van der Waals surface area (Å²) < 4.78 is 11.4. The normalized spacial score (nSPS) is 14.8. The molecule has 1 aliphatic rings. The molecule has 0 saturated heterocycles. The van der Waals surface area contributed by atoms with Crippen molar-refractivity contribution in [1.82, 2.24) is 4.98 Å². The van der Waals surface area contributed by atoms with Crippen LogP contribution in [0.1, 0.15) is 18.9 Å². The SMILES string of the molecule is CCC1Oc2ccc(-c3csc(-c4ccccc4)n3)cc2N(CC(=O)OCc2ccccc2)C1=O. The Balaban J connectivity index is 1.40. The summed E-state index contributed by atoms with van der Waals surface area (Å²) in [5.41, 5.74) is 4.13. The van der Waals surface area contributed by atoms with Crippen molar-refractivity contribution >= 4 is 28.9 Å². The van der Waals surface area contributed by atoms with Crippen LogP contribution in [0.3, 0.4) is 0 Å². The molecule has 0 bridgehead atoms. The van der Waals surface area contributed by atoms with E-state index in [0.717, 1.165) is 27.4 Å². The second-order valence-electron chi connectivity index (χ2n) is 8.17. The van der Waals surface area contributed by atoms with Crippen LogP contribution >= 0.6 is 11.3 Å². The molecule has 0 N–H and O–H groups in total. The highest BCUT2D eigenvalue weighted by Crippen LogP contribution is 2.39. The smallest absolute Gasteiger partial charge is 0.326 e. The third-order valence-electron chi connectivity index (χ3n) is 5.78. The predicted octanol–water partition coefficient (Wildman–Crippen LogP) is 5.72. The Kier molecular flexibility index (Phi) is 6.59. The highest BCUT2D eigenvalue weighted by atomic mass is 32.1. The number of ether oxygens (including phenoxy) is 2. The molecular weight excluding hydrogens is 460 g/mol. The van der Waals surface area contributed by atoms with Gasteiger partial charge >= 0.3 is 5.97 Å². The maximum absolute atomic E-state index is 13.1. The first kappa shape index (κ1) is 22.8. The third kappa shape index (κ3) is 4.95. The minimum atomic E-state index is -0.640. The number of hydrogen-bond acceptors (Lipinski definition) is 6. The number of anilines is 1. The molecule has 1 amide bonds. The summed E-state index contributed by atoms with van der Waals surface area (Å²) in [6, 6.07) is 25.1. The molecule has 0 radical (unpaired) electrons. The predicted molar refractivity (Wildman–Crippen MR) is 136 cm³/mol. The molecule has 1 aliphatic heterocycles. The average Bonchev–Trinajstić information content (AvgIpc) is 3.40. The van der Waals surface area contributed by atoms with Crippen LogP contribution in [0.25, 0.3) is 21.8 Å². The lowest BCUT2D eigenvalue weighted by molar-refractivity contribution is -0.144. The van der Waals surface area contributed by atoms with Crippen LogP contribution in [0.15, 0.2) is 84.2 Å². The van der Waals surface area contributed by atoms with Crippen molar-refractivity contribution in [2.75, 3.05) is 11.4 Å². The summed E-state index contributed by atoms with van der Waals surface area (Å²) in [5.74, 6) is -0.165. The molecule has 4 aromatic rings. The number of amides is 1. The molecule has 7 heteroatoms. The fourth-order valence-electron chi connectivity index (χ4n) is 3.94. The van der Waals surface area contributed by atoms with Crippen molar-refractivity contribution in [3.05, 3.63) is 89.8 Å². The van der Waals surface area contributed by atoms with Crippen LogP contribution in [-0.2, 0) is 20.9 Å². The molecule has 6 nitrogen and oxygen atoms in total. The first-order valence-corrected chi connectivity index (χ1v) is 12.3. The minimum Gasteiger partial charge on any atom is -0.478 e. The van der Waals surface area contributed by atoms with E-state index < -0.39 is 12.1 Å². The zero-order valence-corrected chi connectivity index (χ0v) is 20.0. The molecule has 0 spiro atoms. The molecule has 5 rings (SSSR count). The third-order valence-corrected chi connectivity index (χ3v) is 6.67. The van der Waals surface area contributed by atoms with Gasteiger partial charge in [0.05, 0.1) is 11.4 Å². The van der Waals surface area contributed by atoms with Crippen molar-refractivity contribution in [2.45, 2.75) is 26.1 Å². The fourth-order valence-corrected chi connectivity index (χ4v) is 4.77. The summed E-state index contributed by atoms with van der Waals surface area (Å²) in [6.07, 6.45) is -0.138. The Morgan fingerprint density at radius 2 is 1.77 bits per heavy atom. The van der Waals surface area contributed by atoms with E-state index in [9.17, 15) is 9.59 Å². The van der Waals surface area contributed by atoms with Gasteiger partial charge in [0.15, 0.2) is 6.10 Å². The molecule has 0 saturated carbocycles. The molecular formula is C28H24N2O4S. The summed E-state index contributed by atoms with van der Waals surface area (Å²) >= 11 is 1.56. The lowest BCUT2D eigenvalue weighted by Crippen LogP contribution is -2.48. The monoisotopic (exact) mass is 484 g/mol. The van der Waals surface area contributed by atoms with Gasteiger partial charge in [0.1, 0.15) is 23.9 Å². The van der Waals surface area contributed by atoms with Crippen LogP contribution < -0.4 is 9.64 Å². The Labute approximate surface area is 207 Å². The Morgan fingerprint density at radius 1 is 1.03 bits per heavy atom. The second kappa shape index (κ2) is 10.1. The Hall–Kier alpha value is -3.97. The van der Waals surface area contributed by atoms with Gasteiger partial charge in [-0.3, -0.25) is 14.5 Å². The van der Waals surface area contributed by atoms with Gasteiger partial charge in [-0.25, -0.2) is 4.98 Å². The van der Waals surface area contributed by atoms with Crippen molar-refractivity contribution in [3.8, 4) is 27.6 Å². The standard InChI is InChI=1S/C28H24N2O4S/c1-2-24-28(32)30(16-26(31)33-17-19-9-5-3-6-10-19)23-15-21(13-14-25(23)34-24)22-18-35-27(29-22)20-11-7-4-8-12-20/h3-15,18,24H,2,16-17H2,1H3. The number of hydrogen-bond donors (Lipinski definition) is 0. The quantitative estimate of drug-likeness (QED) is 0.314. The fraction of sp³-hybridized carbons (Fsp3) is 0.179. The van der Waals surface area contributed by atoms with Crippen LogP contribution in [0.4, 0.5) is 5.69 Å². The first-order chi connectivity index (χ1) is 17.1. The molecule has 1 atom stereocenters. The van der Waals surface area contributed by atoms with Gasteiger partial charge in [0, 0.05) is 16.5 Å².